The molecule has 0 saturated carbocycles. The van der Waals surface area contributed by atoms with Crippen LogP contribution in [0.1, 0.15) is 5.56 Å². The highest BCUT2D eigenvalue weighted by molar-refractivity contribution is 7.99. The van der Waals surface area contributed by atoms with E-state index in [1.54, 1.807) is 18.2 Å². The van der Waals surface area contributed by atoms with Gasteiger partial charge in [-0.1, -0.05) is 59.8 Å². The highest BCUT2D eigenvalue weighted by Crippen LogP contribution is 2.21. The maximum Gasteiger partial charge on any atom is 0.282 e. The molecule has 0 unspecified atom stereocenters. The summed E-state index contributed by atoms with van der Waals surface area (Å²) in [6, 6.07) is 16.4. The molecule has 0 atom stereocenters. The van der Waals surface area contributed by atoms with Gasteiger partial charge in [0.1, 0.15) is 0 Å². The molecule has 0 aliphatic carbocycles. The van der Waals surface area contributed by atoms with Crippen molar-refractivity contribution in [3.8, 4) is 0 Å². The van der Waals surface area contributed by atoms with Gasteiger partial charge in [0.25, 0.3) is 5.56 Å². The molecule has 7 nitrogen and oxygen atoms in total. The standard InChI is InChI=1S/C21H16ClN5O2S/c22-16-9-5-4-6-14(16)12-27-20(29)18-19(24-11-10-23-18)26-21(27)30-13-17(28)25-15-7-2-1-3-8-15/h1-11H,12-13H2,(H,25,28). The van der Waals surface area contributed by atoms with Gasteiger partial charge in [-0.25, -0.2) is 15.0 Å². The van der Waals surface area contributed by atoms with E-state index in [-0.39, 0.29) is 34.9 Å². The second kappa shape index (κ2) is 9.06. The maximum atomic E-state index is 13.1. The van der Waals surface area contributed by atoms with E-state index in [1.807, 2.05) is 36.4 Å². The van der Waals surface area contributed by atoms with Crippen molar-refractivity contribution in [1.29, 1.82) is 0 Å². The third-order valence-corrected chi connectivity index (χ3v) is 5.58. The molecule has 0 radical (unpaired) electrons. The largest absolute Gasteiger partial charge is 0.325 e. The van der Waals surface area contributed by atoms with Crippen molar-refractivity contribution in [1.82, 2.24) is 19.5 Å². The Morgan fingerprint density at radius 2 is 1.77 bits per heavy atom. The lowest BCUT2D eigenvalue weighted by molar-refractivity contribution is -0.113. The van der Waals surface area contributed by atoms with Gasteiger partial charge >= 0.3 is 0 Å². The highest BCUT2D eigenvalue weighted by atomic mass is 35.5. The Morgan fingerprint density at radius 3 is 2.57 bits per heavy atom. The average Bonchev–Trinajstić information content (AvgIpc) is 2.76. The molecule has 4 aromatic rings. The smallest absolute Gasteiger partial charge is 0.282 e. The first kappa shape index (κ1) is 20.1. The number of aromatic nitrogens is 4. The fourth-order valence-electron chi connectivity index (χ4n) is 2.82. The minimum Gasteiger partial charge on any atom is -0.325 e. The quantitative estimate of drug-likeness (QED) is 0.366. The van der Waals surface area contributed by atoms with Crippen LogP contribution in [0.15, 0.2) is 76.9 Å². The van der Waals surface area contributed by atoms with Gasteiger partial charge in [0, 0.05) is 23.1 Å². The van der Waals surface area contributed by atoms with Gasteiger partial charge < -0.3 is 5.32 Å². The molecule has 0 spiro atoms. The molecule has 0 fully saturated rings. The number of hydrogen-bond donors (Lipinski definition) is 1. The summed E-state index contributed by atoms with van der Waals surface area (Å²) in [7, 11) is 0. The summed E-state index contributed by atoms with van der Waals surface area (Å²) in [4.78, 5) is 38.2. The molecule has 2 heterocycles. The summed E-state index contributed by atoms with van der Waals surface area (Å²) >= 11 is 7.44. The number of anilines is 1. The lowest BCUT2D eigenvalue weighted by Crippen LogP contribution is -2.26. The Balaban J connectivity index is 1.64. The number of hydrogen-bond acceptors (Lipinski definition) is 6. The number of carbonyl (C=O) groups excluding carboxylic acids is 1. The number of nitrogens with zero attached hydrogens (tertiary/aromatic N) is 4. The van der Waals surface area contributed by atoms with Gasteiger partial charge in [0.15, 0.2) is 16.3 Å². The molecule has 9 heteroatoms. The third-order valence-electron chi connectivity index (χ3n) is 4.24. The van der Waals surface area contributed by atoms with Crippen molar-refractivity contribution in [2.45, 2.75) is 11.7 Å². The van der Waals surface area contributed by atoms with Crippen molar-refractivity contribution in [2.75, 3.05) is 11.1 Å². The van der Waals surface area contributed by atoms with E-state index in [9.17, 15) is 9.59 Å². The van der Waals surface area contributed by atoms with E-state index >= 15 is 0 Å². The minimum atomic E-state index is -0.334. The number of benzene rings is 2. The van der Waals surface area contributed by atoms with Crippen molar-refractivity contribution in [2.24, 2.45) is 0 Å². The van der Waals surface area contributed by atoms with E-state index in [2.05, 4.69) is 20.3 Å². The number of fused-ring (bicyclic) bond motifs is 1. The number of thioether (sulfide) groups is 1. The molecule has 1 amide bonds. The number of halogens is 1. The number of para-hydroxylation sites is 1. The molecular formula is C21H16ClN5O2S. The van der Waals surface area contributed by atoms with Crippen LogP contribution in [0.25, 0.3) is 11.2 Å². The topological polar surface area (TPSA) is 89.8 Å². The average molecular weight is 438 g/mol. The molecule has 2 aromatic heterocycles. The fourth-order valence-corrected chi connectivity index (χ4v) is 3.81. The number of nitrogens with one attached hydrogen (secondary N) is 1. The molecule has 0 aliphatic rings. The van der Waals surface area contributed by atoms with Crippen LogP contribution in [0.4, 0.5) is 5.69 Å². The highest BCUT2D eigenvalue weighted by Gasteiger charge is 2.16. The van der Waals surface area contributed by atoms with Gasteiger partial charge in [0.2, 0.25) is 5.91 Å². The second-order valence-electron chi connectivity index (χ2n) is 6.31. The third kappa shape index (κ3) is 4.50. The first-order valence-electron chi connectivity index (χ1n) is 9.04. The van der Waals surface area contributed by atoms with Gasteiger partial charge in [-0.15, -0.1) is 0 Å². The minimum absolute atomic E-state index is 0.0790. The van der Waals surface area contributed by atoms with Crippen LogP contribution >= 0.6 is 23.4 Å². The number of amides is 1. The van der Waals surface area contributed by atoms with Crippen molar-refractivity contribution >= 4 is 46.1 Å². The number of rotatable bonds is 6. The zero-order valence-corrected chi connectivity index (χ0v) is 17.2. The summed E-state index contributed by atoms with van der Waals surface area (Å²) in [6.07, 6.45) is 2.93. The Hall–Kier alpha value is -3.23. The van der Waals surface area contributed by atoms with Crippen LogP contribution in [-0.4, -0.2) is 31.2 Å². The fraction of sp³-hybridized carbons (Fsp3) is 0.0952. The molecule has 0 bridgehead atoms. The predicted molar refractivity (Wildman–Crippen MR) is 118 cm³/mol. The first-order valence-corrected chi connectivity index (χ1v) is 10.4. The summed E-state index contributed by atoms with van der Waals surface area (Å²) in [6.45, 7) is 0.209. The molecule has 1 N–H and O–H groups in total. The van der Waals surface area contributed by atoms with Gasteiger partial charge in [0.05, 0.1) is 12.3 Å². The summed E-state index contributed by atoms with van der Waals surface area (Å²) < 4.78 is 1.47. The molecule has 2 aromatic carbocycles. The van der Waals surface area contributed by atoms with E-state index in [1.165, 1.54) is 17.0 Å². The van der Waals surface area contributed by atoms with Crippen molar-refractivity contribution in [3.63, 3.8) is 0 Å². The van der Waals surface area contributed by atoms with E-state index < -0.39 is 0 Å². The van der Waals surface area contributed by atoms with Crippen molar-refractivity contribution in [3.05, 3.63) is 87.9 Å². The lowest BCUT2D eigenvalue weighted by atomic mass is 10.2. The molecule has 30 heavy (non-hydrogen) atoms. The van der Waals surface area contributed by atoms with Gasteiger partial charge in [-0.3, -0.25) is 14.2 Å². The number of carbonyl (C=O) groups is 1. The van der Waals surface area contributed by atoms with Crippen molar-refractivity contribution < 1.29 is 4.79 Å². The summed E-state index contributed by atoms with van der Waals surface area (Å²) in [5, 5.41) is 3.73. The first-order chi connectivity index (χ1) is 14.6. The van der Waals surface area contributed by atoms with Crippen LogP contribution in [0.5, 0.6) is 0 Å². The Kier molecular flexibility index (Phi) is 6.06. The van der Waals surface area contributed by atoms with E-state index in [4.69, 9.17) is 11.6 Å². The van der Waals surface area contributed by atoms with Crippen LogP contribution in [0, 0.1) is 0 Å². The van der Waals surface area contributed by atoms with Crippen LogP contribution < -0.4 is 10.9 Å². The van der Waals surface area contributed by atoms with Crippen LogP contribution in [-0.2, 0) is 11.3 Å². The van der Waals surface area contributed by atoms with Gasteiger partial charge in [-0.05, 0) is 23.8 Å². The SMILES string of the molecule is O=C(CSc1nc2nccnc2c(=O)n1Cc1ccccc1Cl)Nc1ccccc1. The second-order valence-corrected chi connectivity index (χ2v) is 7.66. The zero-order valence-electron chi connectivity index (χ0n) is 15.7. The van der Waals surface area contributed by atoms with Crippen LogP contribution in [0.3, 0.4) is 0 Å². The van der Waals surface area contributed by atoms with Crippen LogP contribution in [0.2, 0.25) is 5.02 Å². The van der Waals surface area contributed by atoms with E-state index in [0.29, 0.717) is 15.9 Å². The maximum absolute atomic E-state index is 13.1. The Labute approximate surface area is 181 Å². The molecule has 150 valence electrons. The normalized spacial score (nSPS) is 10.8. The summed E-state index contributed by atoms with van der Waals surface area (Å²) in [5.74, 6) is -0.126. The predicted octanol–water partition coefficient (Wildman–Crippen LogP) is 3.62. The summed E-state index contributed by atoms with van der Waals surface area (Å²) in [5.41, 5.74) is 1.54. The molecule has 4 rings (SSSR count). The molecule has 0 aliphatic heterocycles. The zero-order chi connectivity index (χ0) is 20.9. The monoisotopic (exact) mass is 437 g/mol. The molecule has 0 saturated heterocycles. The van der Waals surface area contributed by atoms with Gasteiger partial charge in [-0.2, -0.15) is 0 Å². The Morgan fingerprint density at radius 1 is 1.03 bits per heavy atom. The lowest BCUT2D eigenvalue weighted by Gasteiger charge is -2.13. The molecular weight excluding hydrogens is 422 g/mol. The Bertz CT molecular complexity index is 1260. The van der Waals surface area contributed by atoms with E-state index in [0.717, 1.165) is 17.3 Å².